The molecule has 0 aliphatic heterocycles. The Bertz CT molecular complexity index is 416. The molecule has 0 heterocycles. The Labute approximate surface area is 116 Å². The summed E-state index contributed by atoms with van der Waals surface area (Å²) in [5.41, 5.74) is 8.98. The summed E-state index contributed by atoms with van der Waals surface area (Å²) in [5.74, 6) is 2.26. The summed E-state index contributed by atoms with van der Waals surface area (Å²) in [6.45, 7) is 6.83. The molecule has 4 atom stereocenters. The van der Waals surface area contributed by atoms with E-state index >= 15 is 0 Å². The molecule has 100 valence electrons. The average molecular weight is 266 g/mol. The lowest BCUT2D eigenvalue weighted by molar-refractivity contribution is 0.186. The van der Waals surface area contributed by atoms with Crippen LogP contribution in [0.25, 0.3) is 0 Å². The molecular formula is C16H24ClN. The van der Waals surface area contributed by atoms with Gasteiger partial charge in [-0.3, -0.25) is 0 Å². The van der Waals surface area contributed by atoms with Gasteiger partial charge in [-0.2, -0.15) is 0 Å². The number of aryl methyl sites for hydroxylation is 1. The fraction of sp³-hybridized carbons (Fsp3) is 0.625. The Balaban J connectivity index is 2.13. The van der Waals surface area contributed by atoms with Crippen molar-refractivity contribution in [2.75, 3.05) is 0 Å². The minimum atomic E-state index is 0.164. The third-order valence-electron chi connectivity index (χ3n) is 4.74. The summed E-state index contributed by atoms with van der Waals surface area (Å²) in [4.78, 5) is 0. The molecule has 1 aliphatic rings. The number of rotatable bonds is 2. The summed E-state index contributed by atoms with van der Waals surface area (Å²) in [7, 11) is 0. The number of halogens is 1. The summed E-state index contributed by atoms with van der Waals surface area (Å²) in [6, 6.07) is 6.24. The van der Waals surface area contributed by atoms with Crippen LogP contribution >= 0.6 is 11.6 Å². The van der Waals surface area contributed by atoms with E-state index < -0.39 is 0 Å². The third-order valence-corrected chi connectivity index (χ3v) is 4.97. The molecule has 1 fully saturated rings. The van der Waals surface area contributed by atoms with Crippen LogP contribution < -0.4 is 5.73 Å². The molecule has 2 N–H and O–H groups in total. The first kappa shape index (κ1) is 13.9. The van der Waals surface area contributed by atoms with Crippen molar-refractivity contribution in [1.82, 2.24) is 0 Å². The molecule has 1 nitrogen and oxygen atoms in total. The zero-order chi connectivity index (χ0) is 13.3. The van der Waals surface area contributed by atoms with E-state index in [1.165, 1.54) is 30.4 Å². The Morgan fingerprint density at radius 2 is 1.94 bits per heavy atom. The Hall–Kier alpha value is -0.530. The van der Waals surface area contributed by atoms with E-state index in [1.54, 1.807) is 0 Å². The molecule has 0 bridgehead atoms. The van der Waals surface area contributed by atoms with Gasteiger partial charge in [0.1, 0.15) is 0 Å². The van der Waals surface area contributed by atoms with Crippen LogP contribution in [0.2, 0.25) is 5.02 Å². The van der Waals surface area contributed by atoms with Crippen LogP contribution in [0.15, 0.2) is 18.2 Å². The van der Waals surface area contributed by atoms with Gasteiger partial charge < -0.3 is 5.73 Å². The molecule has 1 saturated carbocycles. The first-order chi connectivity index (χ1) is 8.49. The number of benzene rings is 1. The van der Waals surface area contributed by atoms with Gasteiger partial charge in [0.15, 0.2) is 0 Å². The first-order valence-electron chi connectivity index (χ1n) is 7.00. The van der Waals surface area contributed by atoms with Crippen molar-refractivity contribution < 1.29 is 0 Å². The van der Waals surface area contributed by atoms with Crippen LogP contribution in [0.5, 0.6) is 0 Å². The normalized spacial score (nSPS) is 30.2. The maximum atomic E-state index is 6.49. The van der Waals surface area contributed by atoms with Crippen molar-refractivity contribution in [1.29, 1.82) is 0 Å². The van der Waals surface area contributed by atoms with E-state index in [4.69, 9.17) is 17.3 Å². The Kier molecular flexibility index (Phi) is 4.34. The third kappa shape index (κ3) is 2.89. The van der Waals surface area contributed by atoms with Crippen molar-refractivity contribution in [2.24, 2.45) is 23.5 Å². The SMILES string of the molecule is Cc1cc(Cl)ccc1C(N)C1CCC(C)C(C)C1. The number of hydrogen-bond donors (Lipinski definition) is 1. The van der Waals surface area contributed by atoms with Crippen LogP contribution in [0.4, 0.5) is 0 Å². The summed E-state index contributed by atoms with van der Waals surface area (Å²) in [5, 5.41) is 0.800. The standard InChI is InChI=1S/C16H24ClN/c1-10-4-5-13(8-11(10)2)16(18)15-7-6-14(17)9-12(15)3/h6-7,9-11,13,16H,4-5,8,18H2,1-3H3. The van der Waals surface area contributed by atoms with Gasteiger partial charge in [0, 0.05) is 11.1 Å². The second-order valence-electron chi connectivity index (χ2n) is 6.05. The lowest BCUT2D eigenvalue weighted by atomic mass is 9.72. The molecule has 18 heavy (non-hydrogen) atoms. The smallest absolute Gasteiger partial charge is 0.0408 e. The number of nitrogens with two attached hydrogens (primary N) is 1. The van der Waals surface area contributed by atoms with Crippen molar-refractivity contribution in [3.63, 3.8) is 0 Å². The molecule has 4 unspecified atom stereocenters. The molecule has 1 aliphatic carbocycles. The molecule has 2 heteroatoms. The second kappa shape index (κ2) is 5.63. The van der Waals surface area contributed by atoms with E-state index in [1.807, 2.05) is 12.1 Å². The van der Waals surface area contributed by atoms with Gasteiger partial charge in [-0.15, -0.1) is 0 Å². The summed E-state index contributed by atoms with van der Waals surface area (Å²) >= 11 is 6.01. The Morgan fingerprint density at radius 3 is 2.56 bits per heavy atom. The zero-order valence-electron chi connectivity index (χ0n) is 11.6. The largest absolute Gasteiger partial charge is 0.324 e. The molecule has 0 spiro atoms. The molecule has 2 rings (SSSR count). The highest BCUT2D eigenvalue weighted by molar-refractivity contribution is 6.30. The van der Waals surface area contributed by atoms with Crippen molar-refractivity contribution in [3.8, 4) is 0 Å². The lowest BCUT2D eigenvalue weighted by Gasteiger charge is -2.35. The quantitative estimate of drug-likeness (QED) is 0.823. The molecule has 0 radical (unpaired) electrons. The van der Waals surface area contributed by atoms with Crippen molar-refractivity contribution >= 4 is 11.6 Å². The highest BCUT2D eigenvalue weighted by atomic mass is 35.5. The van der Waals surface area contributed by atoms with Crippen LogP contribution in [0.3, 0.4) is 0 Å². The van der Waals surface area contributed by atoms with Crippen LogP contribution in [0.1, 0.15) is 50.3 Å². The van der Waals surface area contributed by atoms with Gasteiger partial charge in [-0.1, -0.05) is 37.9 Å². The maximum Gasteiger partial charge on any atom is 0.0408 e. The summed E-state index contributed by atoms with van der Waals surface area (Å²) < 4.78 is 0. The van der Waals surface area contributed by atoms with E-state index in [0.29, 0.717) is 5.92 Å². The van der Waals surface area contributed by atoms with E-state index in [2.05, 4.69) is 26.8 Å². The zero-order valence-corrected chi connectivity index (χ0v) is 12.4. The van der Waals surface area contributed by atoms with Gasteiger partial charge in [-0.25, -0.2) is 0 Å². The van der Waals surface area contributed by atoms with Crippen LogP contribution in [-0.4, -0.2) is 0 Å². The van der Waals surface area contributed by atoms with Crippen molar-refractivity contribution in [2.45, 2.75) is 46.1 Å². The van der Waals surface area contributed by atoms with Gasteiger partial charge in [-0.05, 0) is 60.8 Å². The van der Waals surface area contributed by atoms with E-state index in [9.17, 15) is 0 Å². The topological polar surface area (TPSA) is 26.0 Å². The fourth-order valence-electron chi connectivity index (χ4n) is 3.18. The Morgan fingerprint density at radius 1 is 1.22 bits per heavy atom. The monoisotopic (exact) mass is 265 g/mol. The molecule has 0 saturated heterocycles. The van der Waals surface area contributed by atoms with Gasteiger partial charge in [0.25, 0.3) is 0 Å². The van der Waals surface area contributed by atoms with Gasteiger partial charge >= 0.3 is 0 Å². The van der Waals surface area contributed by atoms with Crippen molar-refractivity contribution in [3.05, 3.63) is 34.3 Å². The van der Waals surface area contributed by atoms with Gasteiger partial charge in [0.2, 0.25) is 0 Å². The summed E-state index contributed by atoms with van der Waals surface area (Å²) in [6.07, 6.45) is 3.82. The van der Waals surface area contributed by atoms with E-state index in [0.717, 1.165) is 16.9 Å². The van der Waals surface area contributed by atoms with Crippen LogP contribution in [0, 0.1) is 24.7 Å². The predicted molar refractivity (Wildman–Crippen MR) is 78.8 cm³/mol. The highest BCUT2D eigenvalue weighted by Gasteiger charge is 2.29. The molecular weight excluding hydrogens is 242 g/mol. The molecule has 1 aromatic carbocycles. The van der Waals surface area contributed by atoms with E-state index in [-0.39, 0.29) is 6.04 Å². The minimum absolute atomic E-state index is 0.164. The van der Waals surface area contributed by atoms with Crippen LogP contribution in [-0.2, 0) is 0 Å². The number of hydrogen-bond acceptors (Lipinski definition) is 1. The maximum absolute atomic E-state index is 6.49. The molecule has 0 amide bonds. The molecule has 1 aromatic rings. The minimum Gasteiger partial charge on any atom is -0.324 e. The fourth-order valence-corrected chi connectivity index (χ4v) is 3.41. The average Bonchev–Trinajstić information content (AvgIpc) is 2.32. The first-order valence-corrected chi connectivity index (χ1v) is 7.38. The second-order valence-corrected chi connectivity index (χ2v) is 6.49. The predicted octanol–water partition coefficient (Wildman–Crippen LogP) is 4.72. The highest BCUT2D eigenvalue weighted by Crippen LogP contribution is 2.39. The van der Waals surface area contributed by atoms with Gasteiger partial charge in [0.05, 0.1) is 0 Å². The molecule has 0 aromatic heterocycles. The lowest BCUT2D eigenvalue weighted by Crippen LogP contribution is -2.29.